The van der Waals surface area contributed by atoms with Gasteiger partial charge >= 0.3 is 0 Å². The van der Waals surface area contributed by atoms with Crippen LogP contribution < -0.4 is 10.1 Å². The third-order valence-electron chi connectivity index (χ3n) is 3.27. The van der Waals surface area contributed by atoms with Crippen LogP contribution in [0.5, 0.6) is 5.75 Å². The van der Waals surface area contributed by atoms with Crippen molar-refractivity contribution >= 4 is 5.91 Å². The first-order valence-corrected chi connectivity index (χ1v) is 6.71. The predicted molar refractivity (Wildman–Crippen MR) is 73.2 cm³/mol. The summed E-state index contributed by atoms with van der Waals surface area (Å²) in [5, 5.41) is 12.0. The van der Waals surface area contributed by atoms with E-state index in [0.717, 1.165) is 16.9 Å². The van der Waals surface area contributed by atoms with E-state index in [4.69, 9.17) is 9.84 Å². The molecule has 19 heavy (non-hydrogen) atoms. The molecular weight excluding hydrogens is 242 g/mol. The van der Waals surface area contributed by atoms with Crippen LogP contribution in [0.1, 0.15) is 30.4 Å². The number of aliphatic hydroxyl groups is 1. The molecule has 1 aliphatic rings. The highest BCUT2D eigenvalue weighted by Crippen LogP contribution is 2.19. The highest BCUT2D eigenvalue weighted by molar-refractivity contribution is 5.76. The van der Waals surface area contributed by atoms with Crippen molar-refractivity contribution in [3.8, 4) is 5.75 Å². The van der Waals surface area contributed by atoms with Gasteiger partial charge in [-0.3, -0.25) is 4.79 Å². The van der Waals surface area contributed by atoms with E-state index in [1.54, 1.807) is 0 Å². The molecule has 0 unspecified atom stereocenters. The van der Waals surface area contributed by atoms with Gasteiger partial charge in [0.05, 0.1) is 19.1 Å². The normalized spacial score (nSPS) is 21.6. The van der Waals surface area contributed by atoms with Gasteiger partial charge in [-0.25, -0.2) is 0 Å². The summed E-state index contributed by atoms with van der Waals surface area (Å²) in [5.41, 5.74) is 2.31. The average molecular weight is 263 g/mol. The predicted octanol–water partition coefficient (Wildman–Crippen LogP) is 1.71. The van der Waals surface area contributed by atoms with Crippen molar-refractivity contribution in [1.82, 2.24) is 5.32 Å². The van der Waals surface area contributed by atoms with Crippen LogP contribution in [0.15, 0.2) is 18.2 Å². The second-order valence-electron chi connectivity index (χ2n) is 5.31. The molecule has 2 N–H and O–H groups in total. The lowest BCUT2D eigenvalue weighted by atomic mass is 9.89. The van der Waals surface area contributed by atoms with Crippen LogP contribution in [0.3, 0.4) is 0 Å². The fourth-order valence-electron chi connectivity index (χ4n) is 2.28. The molecule has 2 rings (SSSR count). The Kier molecular flexibility index (Phi) is 4.43. The van der Waals surface area contributed by atoms with Crippen molar-refractivity contribution in [2.24, 2.45) is 0 Å². The number of carbonyl (C=O) groups is 1. The molecule has 1 fully saturated rings. The molecule has 4 nitrogen and oxygen atoms in total. The van der Waals surface area contributed by atoms with Gasteiger partial charge in [0.1, 0.15) is 5.75 Å². The molecule has 1 aromatic carbocycles. The molecule has 0 heterocycles. The van der Waals surface area contributed by atoms with E-state index in [1.165, 1.54) is 0 Å². The number of aryl methyl sites for hydroxylation is 2. The Morgan fingerprint density at radius 2 is 1.95 bits per heavy atom. The molecule has 104 valence electrons. The number of benzene rings is 1. The summed E-state index contributed by atoms with van der Waals surface area (Å²) in [6.07, 6.45) is 1.45. The zero-order valence-electron chi connectivity index (χ0n) is 11.5. The standard InChI is InChI=1S/C15H21NO3/c1-10-5-11(2)7-14(6-10)19-4-3-15(18)16-12-8-13(17)9-12/h5-7,12-13,17H,3-4,8-9H2,1-2H3,(H,16,18). The Hall–Kier alpha value is -1.55. The molecule has 0 bridgehead atoms. The molecule has 1 aliphatic carbocycles. The zero-order chi connectivity index (χ0) is 13.8. The van der Waals surface area contributed by atoms with Gasteiger partial charge in [0.15, 0.2) is 0 Å². The first kappa shape index (κ1) is 13.9. The Bertz CT molecular complexity index is 432. The topological polar surface area (TPSA) is 58.6 Å². The number of hydrogen-bond acceptors (Lipinski definition) is 3. The van der Waals surface area contributed by atoms with Crippen LogP contribution in [0, 0.1) is 13.8 Å². The van der Waals surface area contributed by atoms with Gasteiger partial charge in [-0.2, -0.15) is 0 Å². The van der Waals surface area contributed by atoms with Crippen LogP contribution in [-0.2, 0) is 4.79 Å². The van der Waals surface area contributed by atoms with E-state index in [0.29, 0.717) is 25.9 Å². The molecule has 1 amide bonds. The first-order valence-electron chi connectivity index (χ1n) is 6.71. The number of carbonyl (C=O) groups excluding carboxylic acids is 1. The molecule has 0 radical (unpaired) electrons. The van der Waals surface area contributed by atoms with E-state index in [-0.39, 0.29) is 18.1 Å². The Morgan fingerprint density at radius 1 is 1.32 bits per heavy atom. The Morgan fingerprint density at radius 3 is 2.53 bits per heavy atom. The SMILES string of the molecule is Cc1cc(C)cc(OCCC(=O)NC2CC(O)C2)c1. The summed E-state index contributed by atoms with van der Waals surface area (Å²) in [7, 11) is 0. The fourth-order valence-corrected chi connectivity index (χ4v) is 2.28. The van der Waals surface area contributed by atoms with Crippen molar-refractivity contribution in [3.63, 3.8) is 0 Å². The van der Waals surface area contributed by atoms with Gasteiger partial charge in [-0.05, 0) is 49.9 Å². The lowest BCUT2D eigenvalue weighted by molar-refractivity contribution is -0.123. The summed E-state index contributed by atoms with van der Waals surface area (Å²) in [5.74, 6) is 0.797. The highest BCUT2D eigenvalue weighted by Gasteiger charge is 2.28. The van der Waals surface area contributed by atoms with Gasteiger partial charge in [0.2, 0.25) is 5.91 Å². The second-order valence-corrected chi connectivity index (χ2v) is 5.31. The minimum Gasteiger partial charge on any atom is -0.493 e. The van der Waals surface area contributed by atoms with Crippen LogP contribution in [0.25, 0.3) is 0 Å². The molecular formula is C15H21NO3. The summed E-state index contributed by atoms with van der Waals surface area (Å²) < 4.78 is 5.58. The van der Waals surface area contributed by atoms with Crippen LogP contribution >= 0.6 is 0 Å². The number of rotatable bonds is 5. The minimum absolute atomic E-state index is 0.0127. The number of nitrogens with one attached hydrogen (secondary N) is 1. The van der Waals surface area contributed by atoms with Crippen molar-refractivity contribution < 1.29 is 14.6 Å². The fraction of sp³-hybridized carbons (Fsp3) is 0.533. The third-order valence-corrected chi connectivity index (χ3v) is 3.27. The van der Waals surface area contributed by atoms with Crippen molar-refractivity contribution in [1.29, 1.82) is 0 Å². The van der Waals surface area contributed by atoms with E-state index in [1.807, 2.05) is 26.0 Å². The lowest BCUT2D eigenvalue weighted by Gasteiger charge is -2.31. The second kappa shape index (κ2) is 6.06. The Balaban J connectivity index is 1.69. The molecule has 1 aromatic rings. The number of hydrogen-bond donors (Lipinski definition) is 2. The quantitative estimate of drug-likeness (QED) is 0.850. The average Bonchev–Trinajstić information content (AvgIpc) is 2.25. The smallest absolute Gasteiger partial charge is 0.223 e. The maximum Gasteiger partial charge on any atom is 0.223 e. The summed E-state index contributed by atoms with van der Waals surface area (Å²) in [6, 6.07) is 6.16. The van der Waals surface area contributed by atoms with Gasteiger partial charge < -0.3 is 15.2 Å². The summed E-state index contributed by atoms with van der Waals surface area (Å²) in [6.45, 7) is 4.42. The maximum absolute atomic E-state index is 11.6. The van der Waals surface area contributed by atoms with Gasteiger partial charge in [-0.1, -0.05) is 6.07 Å². The van der Waals surface area contributed by atoms with Crippen LogP contribution in [-0.4, -0.2) is 29.8 Å². The third kappa shape index (κ3) is 4.24. The zero-order valence-corrected chi connectivity index (χ0v) is 11.5. The molecule has 0 atom stereocenters. The lowest BCUT2D eigenvalue weighted by Crippen LogP contribution is -2.46. The molecule has 0 aromatic heterocycles. The number of amides is 1. The molecule has 0 spiro atoms. The maximum atomic E-state index is 11.6. The summed E-state index contributed by atoms with van der Waals surface area (Å²) >= 11 is 0. The van der Waals surface area contributed by atoms with Crippen molar-refractivity contribution in [2.75, 3.05) is 6.61 Å². The van der Waals surface area contributed by atoms with E-state index < -0.39 is 0 Å². The van der Waals surface area contributed by atoms with Gasteiger partial charge in [0.25, 0.3) is 0 Å². The first-order chi connectivity index (χ1) is 9.02. The van der Waals surface area contributed by atoms with E-state index in [9.17, 15) is 4.79 Å². The molecule has 4 heteroatoms. The largest absolute Gasteiger partial charge is 0.493 e. The van der Waals surface area contributed by atoms with Gasteiger partial charge in [-0.15, -0.1) is 0 Å². The summed E-state index contributed by atoms with van der Waals surface area (Å²) in [4.78, 5) is 11.6. The van der Waals surface area contributed by atoms with E-state index >= 15 is 0 Å². The highest BCUT2D eigenvalue weighted by atomic mass is 16.5. The van der Waals surface area contributed by atoms with Crippen LogP contribution in [0.2, 0.25) is 0 Å². The van der Waals surface area contributed by atoms with Crippen molar-refractivity contribution in [3.05, 3.63) is 29.3 Å². The Labute approximate surface area is 113 Å². The van der Waals surface area contributed by atoms with Crippen molar-refractivity contribution in [2.45, 2.75) is 45.3 Å². The van der Waals surface area contributed by atoms with Crippen LogP contribution in [0.4, 0.5) is 0 Å². The molecule has 0 saturated heterocycles. The van der Waals surface area contributed by atoms with Gasteiger partial charge in [0, 0.05) is 6.04 Å². The number of aliphatic hydroxyl groups excluding tert-OH is 1. The van der Waals surface area contributed by atoms with E-state index in [2.05, 4.69) is 11.4 Å². The molecule has 1 saturated carbocycles. The monoisotopic (exact) mass is 263 g/mol. The molecule has 0 aliphatic heterocycles. The number of ether oxygens (including phenoxy) is 1. The minimum atomic E-state index is -0.239.